The number of ether oxygens (including phenoxy) is 1. The molecule has 1 aromatic rings. The highest BCUT2D eigenvalue weighted by Crippen LogP contribution is 2.30. The van der Waals surface area contributed by atoms with Crippen LogP contribution in [0.3, 0.4) is 0 Å². The van der Waals surface area contributed by atoms with Crippen LogP contribution in [0.25, 0.3) is 0 Å². The van der Waals surface area contributed by atoms with Gasteiger partial charge in [-0.05, 0) is 55.5 Å². The van der Waals surface area contributed by atoms with Gasteiger partial charge in [-0.25, -0.2) is 0 Å². The molecule has 1 saturated carbocycles. The number of fused-ring (bicyclic) bond motifs is 1. The van der Waals surface area contributed by atoms with E-state index in [0.717, 1.165) is 24.2 Å². The molecule has 22 heavy (non-hydrogen) atoms. The second-order valence-electron chi connectivity index (χ2n) is 6.36. The van der Waals surface area contributed by atoms with Gasteiger partial charge < -0.3 is 15.8 Å². The van der Waals surface area contributed by atoms with E-state index in [2.05, 4.69) is 5.32 Å². The van der Waals surface area contributed by atoms with Crippen molar-refractivity contribution in [2.45, 2.75) is 38.1 Å². The number of benzene rings is 1. The Kier molecular flexibility index (Phi) is 4.89. The lowest BCUT2D eigenvalue weighted by molar-refractivity contribution is -0.127. The molecule has 120 valence electrons. The van der Waals surface area contributed by atoms with E-state index >= 15 is 0 Å². The minimum Gasteiger partial charge on any atom is -0.492 e. The summed E-state index contributed by atoms with van der Waals surface area (Å²) in [5.74, 6) is 1.18. The van der Waals surface area contributed by atoms with Crippen LogP contribution in [0.15, 0.2) is 18.2 Å². The highest BCUT2D eigenvalue weighted by atomic mass is 35.5. The SMILES string of the molecule is NCC1CCCCC1NC(=O)C1COc2ccc(Cl)cc2C1. The number of nitrogens with one attached hydrogen (secondary N) is 1. The van der Waals surface area contributed by atoms with Gasteiger partial charge in [0, 0.05) is 11.1 Å². The van der Waals surface area contributed by atoms with E-state index in [0.29, 0.717) is 30.5 Å². The van der Waals surface area contributed by atoms with E-state index < -0.39 is 0 Å². The van der Waals surface area contributed by atoms with Crippen molar-refractivity contribution in [1.82, 2.24) is 5.32 Å². The van der Waals surface area contributed by atoms with Crippen molar-refractivity contribution in [2.24, 2.45) is 17.6 Å². The van der Waals surface area contributed by atoms with Gasteiger partial charge in [-0.2, -0.15) is 0 Å². The van der Waals surface area contributed by atoms with E-state index in [1.54, 1.807) is 0 Å². The van der Waals surface area contributed by atoms with Gasteiger partial charge in [0.1, 0.15) is 12.4 Å². The first-order chi connectivity index (χ1) is 10.7. The lowest BCUT2D eigenvalue weighted by Crippen LogP contribution is -2.48. The van der Waals surface area contributed by atoms with Crippen molar-refractivity contribution in [1.29, 1.82) is 0 Å². The van der Waals surface area contributed by atoms with Crippen LogP contribution in [-0.2, 0) is 11.2 Å². The zero-order valence-corrected chi connectivity index (χ0v) is 13.4. The summed E-state index contributed by atoms with van der Waals surface area (Å²) in [6.07, 6.45) is 5.21. The molecule has 0 radical (unpaired) electrons. The molecule has 3 rings (SSSR count). The van der Waals surface area contributed by atoms with Gasteiger partial charge in [0.25, 0.3) is 0 Å². The van der Waals surface area contributed by atoms with Crippen molar-refractivity contribution in [2.75, 3.05) is 13.2 Å². The van der Waals surface area contributed by atoms with Crippen LogP contribution in [0, 0.1) is 11.8 Å². The van der Waals surface area contributed by atoms with Crippen molar-refractivity contribution in [3.05, 3.63) is 28.8 Å². The monoisotopic (exact) mass is 322 g/mol. The van der Waals surface area contributed by atoms with Gasteiger partial charge in [-0.1, -0.05) is 24.4 Å². The van der Waals surface area contributed by atoms with Crippen molar-refractivity contribution in [3.63, 3.8) is 0 Å². The first-order valence-electron chi connectivity index (χ1n) is 8.09. The smallest absolute Gasteiger partial charge is 0.227 e. The number of amides is 1. The molecule has 1 heterocycles. The highest BCUT2D eigenvalue weighted by molar-refractivity contribution is 6.30. The molecule has 3 atom stereocenters. The zero-order valence-electron chi connectivity index (χ0n) is 12.7. The Balaban J connectivity index is 1.63. The number of carbonyl (C=O) groups excluding carboxylic acids is 1. The van der Waals surface area contributed by atoms with Crippen LogP contribution in [0.4, 0.5) is 0 Å². The summed E-state index contributed by atoms with van der Waals surface area (Å²) in [5, 5.41) is 3.88. The summed E-state index contributed by atoms with van der Waals surface area (Å²) in [7, 11) is 0. The van der Waals surface area contributed by atoms with Gasteiger partial charge in [0.05, 0.1) is 5.92 Å². The summed E-state index contributed by atoms with van der Waals surface area (Å²) in [5.41, 5.74) is 6.85. The summed E-state index contributed by atoms with van der Waals surface area (Å²) in [6.45, 7) is 1.07. The van der Waals surface area contributed by atoms with E-state index in [9.17, 15) is 4.79 Å². The minimum atomic E-state index is -0.147. The maximum absolute atomic E-state index is 12.6. The summed E-state index contributed by atoms with van der Waals surface area (Å²) in [6, 6.07) is 5.79. The largest absolute Gasteiger partial charge is 0.492 e. The number of carbonyl (C=O) groups is 1. The zero-order chi connectivity index (χ0) is 15.5. The van der Waals surface area contributed by atoms with Gasteiger partial charge in [0.2, 0.25) is 5.91 Å². The molecule has 0 bridgehead atoms. The minimum absolute atomic E-state index is 0.0796. The fourth-order valence-corrected chi connectivity index (χ4v) is 3.71. The second kappa shape index (κ2) is 6.88. The average molecular weight is 323 g/mol. The van der Waals surface area contributed by atoms with Crippen molar-refractivity contribution in [3.8, 4) is 5.75 Å². The first kappa shape index (κ1) is 15.6. The van der Waals surface area contributed by atoms with E-state index in [1.807, 2.05) is 18.2 Å². The first-order valence-corrected chi connectivity index (χ1v) is 8.47. The van der Waals surface area contributed by atoms with Gasteiger partial charge >= 0.3 is 0 Å². The van der Waals surface area contributed by atoms with Gasteiger partial charge in [0.15, 0.2) is 0 Å². The Labute approximate surface area is 136 Å². The number of rotatable bonds is 3. The Morgan fingerprint density at radius 2 is 2.18 bits per heavy atom. The Hall–Kier alpha value is -1.26. The third kappa shape index (κ3) is 3.39. The van der Waals surface area contributed by atoms with Crippen LogP contribution in [0.2, 0.25) is 5.02 Å². The highest BCUT2D eigenvalue weighted by Gasteiger charge is 2.30. The van der Waals surface area contributed by atoms with Crippen molar-refractivity contribution >= 4 is 17.5 Å². The topological polar surface area (TPSA) is 64.3 Å². The molecule has 0 aromatic heterocycles. The van der Waals surface area contributed by atoms with Crippen molar-refractivity contribution < 1.29 is 9.53 Å². The molecule has 3 unspecified atom stereocenters. The Bertz CT molecular complexity index is 549. The van der Waals surface area contributed by atoms with Crippen LogP contribution in [0.5, 0.6) is 5.75 Å². The molecular formula is C17H23ClN2O2. The third-order valence-corrected chi connectivity index (χ3v) is 5.07. The van der Waals surface area contributed by atoms with Crippen LogP contribution < -0.4 is 15.8 Å². The second-order valence-corrected chi connectivity index (χ2v) is 6.80. The molecule has 1 amide bonds. The standard InChI is InChI=1S/C17H23ClN2O2/c18-14-5-6-16-12(8-14)7-13(10-22-16)17(21)20-15-4-2-1-3-11(15)9-19/h5-6,8,11,13,15H,1-4,7,9-10,19H2,(H,20,21). The number of hydrogen-bond acceptors (Lipinski definition) is 3. The molecule has 3 N–H and O–H groups in total. The molecule has 5 heteroatoms. The Morgan fingerprint density at radius 1 is 1.36 bits per heavy atom. The maximum atomic E-state index is 12.6. The molecule has 2 aliphatic rings. The van der Waals surface area contributed by atoms with Crippen LogP contribution in [-0.4, -0.2) is 25.1 Å². The van der Waals surface area contributed by atoms with Gasteiger partial charge in [-0.3, -0.25) is 4.79 Å². The van der Waals surface area contributed by atoms with E-state index in [4.69, 9.17) is 22.1 Å². The maximum Gasteiger partial charge on any atom is 0.227 e. The molecule has 0 spiro atoms. The molecule has 1 aromatic carbocycles. The predicted molar refractivity (Wildman–Crippen MR) is 87.1 cm³/mol. The van der Waals surface area contributed by atoms with E-state index in [-0.39, 0.29) is 17.9 Å². The molecule has 0 saturated heterocycles. The Morgan fingerprint density at radius 3 is 3.00 bits per heavy atom. The predicted octanol–water partition coefficient (Wildman–Crippen LogP) is 2.52. The summed E-state index contributed by atoms with van der Waals surface area (Å²) >= 11 is 6.03. The molecule has 4 nitrogen and oxygen atoms in total. The lowest BCUT2D eigenvalue weighted by atomic mass is 9.84. The molecular weight excluding hydrogens is 300 g/mol. The number of nitrogens with two attached hydrogens (primary N) is 1. The molecule has 1 aliphatic heterocycles. The number of hydrogen-bond donors (Lipinski definition) is 2. The average Bonchev–Trinajstić information content (AvgIpc) is 2.54. The summed E-state index contributed by atoms with van der Waals surface area (Å²) in [4.78, 5) is 12.6. The third-order valence-electron chi connectivity index (χ3n) is 4.84. The fourth-order valence-electron chi connectivity index (χ4n) is 3.51. The lowest BCUT2D eigenvalue weighted by Gasteiger charge is -2.33. The van der Waals surface area contributed by atoms with Crippen LogP contribution >= 0.6 is 11.6 Å². The fraction of sp³-hybridized carbons (Fsp3) is 0.588. The number of halogens is 1. The molecule has 1 aliphatic carbocycles. The normalized spacial score (nSPS) is 27.6. The van der Waals surface area contributed by atoms with Gasteiger partial charge in [-0.15, -0.1) is 0 Å². The van der Waals surface area contributed by atoms with E-state index in [1.165, 1.54) is 12.8 Å². The molecule has 1 fully saturated rings. The quantitative estimate of drug-likeness (QED) is 0.898. The van der Waals surface area contributed by atoms with Crippen LogP contribution in [0.1, 0.15) is 31.2 Å². The summed E-state index contributed by atoms with van der Waals surface area (Å²) < 4.78 is 5.71.